The number of fused-ring (bicyclic) bond motifs is 4. The molecule has 0 saturated carbocycles. The molecule has 1 spiro atoms. The Morgan fingerprint density at radius 3 is 2.50 bits per heavy atom. The Balaban J connectivity index is 1.82. The van der Waals surface area contributed by atoms with E-state index in [0.29, 0.717) is 27.4 Å². The number of carboxylic acids is 1. The van der Waals surface area contributed by atoms with Gasteiger partial charge in [-0.15, -0.1) is 11.3 Å². The standard InChI is InChI=1S/C26H24N2O5S/c1-13(2)15-7-10-18-17(11-15)26(25(32)28(18)3)12-19(29)27-21-20(22(24(30)31)34-23(21)26)14-5-8-16(33-4)9-6-14/h5-11,13H,12H2,1-4H3,(H,27,29)(H,30,31)/t26-/m0/s1. The van der Waals surface area contributed by atoms with Gasteiger partial charge in [-0.1, -0.05) is 38.1 Å². The highest BCUT2D eigenvalue weighted by Crippen LogP contribution is 2.57. The van der Waals surface area contributed by atoms with Crippen molar-refractivity contribution >= 4 is 40.5 Å². The summed E-state index contributed by atoms with van der Waals surface area (Å²) in [4.78, 5) is 41.5. The molecule has 3 heterocycles. The molecule has 1 aromatic heterocycles. The van der Waals surface area contributed by atoms with E-state index in [9.17, 15) is 19.5 Å². The summed E-state index contributed by atoms with van der Waals surface area (Å²) in [5, 5.41) is 13.0. The van der Waals surface area contributed by atoms with Gasteiger partial charge >= 0.3 is 5.97 Å². The fourth-order valence-corrected chi connectivity index (χ4v) is 6.30. The predicted molar refractivity (Wildman–Crippen MR) is 131 cm³/mol. The number of benzene rings is 2. The first-order valence-corrected chi connectivity index (χ1v) is 11.8. The number of methoxy groups -OCH3 is 1. The van der Waals surface area contributed by atoms with E-state index in [2.05, 4.69) is 19.2 Å². The van der Waals surface area contributed by atoms with Gasteiger partial charge in [-0.2, -0.15) is 0 Å². The Labute approximate surface area is 201 Å². The van der Waals surface area contributed by atoms with E-state index in [4.69, 9.17) is 4.74 Å². The van der Waals surface area contributed by atoms with Gasteiger partial charge in [0, 0.05) is 18.3 Å². The molecule has 2 aromatic carbocycles. The van der Waals surface area contributed by atoms with Crippen LogP contribution in [-0.4, -0.2) is 37.0 Å². The van der Waals surface area contributed by atoms with Gasteiger partial charge in [-0.25, -0.2) is 4.79 Å². The number of carbonyl (C=O) groups excluding carboxylic acids is 2. The second-order valence-corrected chi connectivity index (χ2v) is 9.99. The van der Waals surface area contributed by atoms with Gasteiger partial charge in [0.1, 0.15) is 16.0 Å². The Kier molecular flexibility index (Phi) is 5.02. The number of hydrogen-bond acceptors (Lipinski definition) is 5. The molecule has 0 radical (unpaired) electrons. The van der Waals surface area contributed by atoms with Crippen molar-refractivity contribution < 1.29 is 24.2 Å². The molecule has 2 amide bonds. The SMILES string of the molecule is COc1ccc(-c2c(C(=O)O)sc3c2NC(=O)C[C@@]32C(=O)N(C)c3ccc(C(C)C)cc32)cc1. The predicted octanol–water partition coefficient (Wildman–Crippen LogP) is 4.85. The van der Waals surface area contributed by atoms with Crippen LogP contribution in [0.4, 0.5) is 11.4 Å². The lowest BCUT2D eigenvalue weighted by atomic mass is 9.73. The highest BCUT2D eigenvalue weighted by molar-refractivity contribution is 7.15. The summed E-state index contributed by atoms with van der Waals surface area (Å²) in [7, 11) is 3.26. The minimum Gasteiger partial charge on any atom is -0.497 e. The molecular formula is C26H24N2O5S. The number of anilines is 2. The molecule has 0 bridgehead atoms. The Bertz CT molecular complexity index is 1360. The van der Waals surface area contributed by atoms with Gasteiger partial charge in [0.15, 0.2) is 0 Å². The van der Waals surface area contributed by atoms with Crippen LogP contribution in [0.3, 0.4) is 0 Å². The number of nitrogens with one attached hydrogen (secondary N) is 1. The van der Waals surface area contributed by atoms with E-state index in [-0.39, 0.29) is 29.0 Å². The molecule has 7 nitrogen and oxygen atoms in total. The largest absolute Gasteiger partial charge is 0.497 e. The maximum Gasteiger partial charge on any atom is 0.346 e. The van der Waals surface area contributed by atoms with Crippen LogP contribution < -0.4 is 15.0 Å². The smallest absolute Gasteiger partial charge is 0.346 e. The summed E-state index contributed by atoms with van der Waals surface area (Å²) in [5.41, 5.74) is 2.72. The number of aromatic carboxylic acids is 1. The maximum absolute atomic E-state index is 13.8. The normalized spacial score (nSPS) is 18.8. The third-order valence-electron chi connectivity index (χ3n) is 6.74. The summed E-state index contributed by atoms with van der Waals surface area (Å²) >= 11 is 1.06. The third kappa shape index (κ3) is 2.98. The molecule has 1 atom stereocenters. The summed E-state index contributed by atoms with van der Waals surface area (Å²) in [6, 6.07) is 12.9. The first-order valence-electron chi connectivity index (χ1n) is 11.0. The molecule has 0 saturated heterocycles. The molecule has 0 unspecified atom stereocenters. The average molecular weight is 477 g/mol. The maximum atomic E-state index is 13.8. The number of rotatable bonds is 4. The van der Waals surface area contributed by atoms with Gasteiger partial charge in [0.05, 0.1) is 24.1 Å². The molecule has 174 valence electrons. The van der Waals surface area contributed by atoms with E-state index in [1.165, 1.54) is 0 Å². The van der Waals surface area contributed by atoms with Crippen LogP contribution in [0.25, 0.3) is 11.1 Å². The van der Waals surface area contributed by atoms with Gasteiger partial charge in [-0.05, 0) is 40.8 Å². The highest BCUT2D eigenvalue weighted by atomic mass is 32.1. The number of nitrogens with zero attached hydrogens (tertiary/aromatic N) is 1. The summed E-state index contributed by atoms with van der Waals surface area (Å²) < 4.78 is 5.23. The summed E-state index contributed by atoms with van der Waals surface area (Å²) in [6.07, 6.45) is -0.0701. The van der Waals surface area contributed by atoms with Crippen molar-refractivity contribution in [3.8, 4) is 16.9 Å². The van der Waals surface area contributed by atoms with Crippen LogP contribution >= 0.6 is 11.3 Å². The van der Waals surface area contributed by atoms with Crippen molar-refractivity contribution in [1.29, 1.82) is 0 Å². The molecule has 2 aliphatic rings. The zero-order chi connectivity index (χ0) is 24.4. The van der Waals surface area contributed by atoms with Crippen LogP contribution in [-0.2, 0) is 15.0 Å². The molecule has 0 fully saturated rings. The van der Waals surface area contributed by atoms with Crippen molar-refractivity contribution in [3.05, 3.63) is 63.3 Å². The van der Waals surface area contributed by atoms with E-state index in [0.717, 1.165) is 28.2 Å². The average Bonchev–Trinajstić information content (AvgIpc) is 3.30. The zero-order valence-electron chi connectivity index (χ0n) is 19.3. The van der Waals surface area contributed by atoms with Crippen molar-refractivity contribution in [3.63, 3.8) is 0 Å². The molecule has 3 aromatic rings. The molecule has 2 aliphatic heterocycles. The second-order valence-electron chi connectivity index (χ2n) is 8.97. The van der Waals surface area contributed by atoms with E-state index in [1.807, 2.05) is 18.2 Å². The van der Waals surface area contributed by atoms with Gasteiger partial charge in [0.25, 0.3) is 0 Å². The number of carbonyl (C=O) groups is 3. The van der Waals surface area contributed by atoms with Crippen molar-refractivity contribution in [2.75, 3.05) is 24.4 Å². The lowest BCUT2D eigenvalue weighted by molar-refractivity contribution is -0.126. The molecular weight excluding hydrogens is 452 g/mol. The quantitative estimate of drug-likeness (QED) is 0.561. The number of amides is 2. The first-order chi connectivity index (χ1) is 16.2. The van der Waals surface area contributed by atoms with Crippen LogP contribution in [0.5, 0.6) is 5.75 Å². The Hall–Kier alpha value is -3.65. The molecule has 8 heteroatoms. The highest BCUT2D eigenvalue weighted by Gasteiger charge is 2.57. The Morgan fingerprint density at radius 1 is 1.18 bits per heavy atom. The fraction of sp³-hybridized carbons (Fsp3) is 0.269. The van der Waals surface area contributed by atoms with E-state index >= 15 is 0 Å². The summed E-state index contributed by atoms with van der Waals surface area (Å²) in [6.45, 7) is 4.15. The lowest BCUT2D eigenvalue weighted by Gasteiger charge is -2.32. The van der Waals surface area contributed by atoms with Crippen LogP contribution in [0, 0.1) is 0 Å². The first kappa shape index (κ1) is 22.2. The monoisotopic (exact) mass is 476 g/mol. The fourth-order valence-electron chi connectivity index (χ4n) is 4.99. The second kappa shape index (κ2) is 7.70. The number of likely N-dealkylation sites (N-methyl/N-ethyl adjacent to an activating group) is 1. The minimum absolute atomic E-state index is 0.0701. The van der Waals surface area contributed by atoms with Crippen molar-refractivity contribution in [2.45, 2.75) is 31.6 Å². The van der Waals surface area contributed by atoms with Crippen LogP contribution in [0.1, 0.15) is 51.9 Å². The summed E-state index contributed by atoms with van der Waals surface area (Å²) in [5.74, 6) is -0.786. The zero-order valence-corrected chi connectivity index (χ0v) is 20.1. The van der Waals surface area contributed by atoms with Gasteiger partial charge < -0.3 is 20.1 Å². The molecule has 5 rings (SSSR count). The molecule has 2 N–H and O–H groups in total. The number of hydrogen-bond donors (Lipinski definition) is 2. The van der Waals surface area contributed by atoms with E-state index < -0.39 is 11.4 Å². The number of carboxylic acid groups (broad SMARTS) is 1. The van der Waals surface area contributed by atoms with E-state index in [1.54, 1.807) is 43.3 Å². The number of thiophene rings is 1. The minimum atomic E-state index is -1.26. The molecule has 34 heavy (non-hydrogen) atoms. The number of ether oxygens (including phenoxy) is 1. The van der Waals surface area contributed by atoms with Crippen LogP contribution in [0.15, 0.2) is 42.5 Å². The molecule has 0 aliphatic carbocycles. The van der Waals surface area contributed by atoms with Gasteiger partial charge in [0.2, 0.25) is 11.8 Å². The topological polar surface area (TPSA) is 95.9 Å². The third-order valence-corrected chi connectivity index (χ3v) is 8.08. The van der Waals surface area contributed by atoms with Gasteiger partial charge in [-0.3, -0.25) is 9.59 Å². The van der Waals surface area contributed by atoms with Crippen molar-refractivity contribution in [2.24, 2.45) is 0 Å². The lowest BCUT2D eigenvalue weighted by Crippen LogP contribution is -2.45. The van der Waals surface area contributed by atoms with Crippen LogP contribution in [0.2, 0.25) is 0 Å². The van der Waals surface area contributed by atoms with Crippen molar-refractivity contribution in [1.82, 2.24) is 0 Å². The Morgan fingerprint density at radius 2 is 1.88 bits per heavy atom.